The molecule has 0 saturated heterocycles. The van der Waals surface area contributed by atoms with Gasteiger partial charge in [-0.05, 0) is 36.4 Å². The number of halogens is 1. The van der Waals surface area contributed by atoms with Crippen LogP contribution < -0.4 is 11.1 Å². The second-order valence-corrected chi connectivity index (χ2v) is 6.70. The van der Waals surface area contributed by atoms with E-state index in [0.717, 1.165) is 26.9 Å². The van der Waals surface area contributed by atoms with Crippen LogP contribution in [-0.4, -0.2) is 24.7 Å². The van der Waals surface area contributed by atoms with Crippen LogP contribution in [0, 0.1) is 6.92 Å². The molecule has 21 heavy (non-hydrogen) atoms. The molecule has 3 heterocycles. The van der Waals surface area contributed by atoms with Crippen molar-refractivity contribution in [1.82, 2.24) is 24.7 Å². The van der Waals surface area contributed by atoms with Crippen molar-refractivity contribution < 1.29 is 0 Å². The molecule has 0 amide bonds. The van der Waals surface area contributed by atoms with Gasteiger partial charge < -0.3 is 0 Å². The van der Waals surface area contributed by atoms with Gasteiger partial charge in [0.05, 0.1) is 0 Å². The van der Waals surface area contributed by atoms with E-state index in [4.69, 9.17) is 11.6 Å². The molecule has 0 unspecified atom stereocenters. The van der Waals surface area contributed by atoms with E-state index in [9.17, 15) is 9.59 Å². The fourth-order valence-corrected chi connectivity index (χ4v) is 3.80. The number of hydrogen-bond donors (Lipinski definition) is 1. The number of rotatable bonds is 2. The van der Waals surface area contributed by atoms with Gasteiger partial charge in [0.1, 0.15) is 9.86 Å². The summed E-state index contributed by atoms with van der Waals surface area (Å²) >= 11 is 8.57. The summed E-state index contributed by atoms with van der Waals surface area (Å²) in [7, 11) is 1.59. The molecule has 3 aromatic heterocycles. The Morgan fingerprint density at radius 3 is 2.86 bits per heavy atom. The highest BCUT2D eigenvalue weighted by atomic mass is 35.5. The van der Waals surface area contributed by atoms with Crippen molar-refractivity contribution in [2.24, 2.45) is 7.05 Å². The molecule has 3 aromatic rings. The molecular formula is C11H8ClN5O2S2. The van der Waals surface area contributed by atoms with Crippen LogP contribution in [0.3, 0.4) is 0 Å². The van der Waals surface area contributed by atoms with Crippen LogP contribution in [-0.2, 0) is 7.05 Å². The molecule has 0 atom stereocenters. The molecule has 0 aliphatic rings. The highest BCUT2D eigenvalue weighted by Gasteiger charge is 2.14. The Labute approximate surface area is 131 Å². The predicted octanol–water partition coefficient (Wildman–Crippen LogP) is 1.59. The molecule has 0 bridgehead atoms. The number of aryl methyl sites for hydroxylation is 2. The molecular weight excluding hydrogens is 334 g/mol. The fraction of sp³-hybridized carbons (Fsp3) is 0.182. The Morgan fingerprint density at radius 1 is 1.33 bits per heavy atom. The smallest absolute Gasteiger partial charge is 0.265 e. The van der Waals surface area contributed by atoms with E-state index in [2.05, 4.69) is 20.1 Å². The fourth-order valence-electron chi connectivity index (χ4n) is 1.71. The first kappa shape index (κ1) is 14.2. The minimum atomic E-state index is -0.839. The molecule has 3 rings (SSSR count). The summed E-state index contributed by atoms with van der Waals surface area (Å²) in [5.74, 6) is 0. The van der Waals surface area contributed by atoms with Crippen molar-refractivity contribution >= 4 is 44.9 Å². The van der Waals surface area contributed by atoms with Crippen LogP contribution >= 0.6 is 34.7 Å². The third-order valence-electron chi connectivity index (χ3n) is 2.59. The van der Waals surface area contributed by atoms with E-state index in [-0.39, 0.29) is 5.28 Å². The number of aromatic nitrogens is 5. The first-order valence-electron chi connectivity index (χ1n) is 5.73. The summed E-state index contributed by atoms with van der Waals surface area (Å²) in [6, 6.07) is 1.95. The van der Waals surface area contributed by atoms with E-state index in [0.29, 0.717) is 10.2 Å². The number of aromatic amines is 1. The van der Waals surface area contributed by atoms with Crippen molar-refractivity contribution in [3.63, 3.8) is 0 Å². The first-order valence-corrected chi connectivity index (χ1v) is 7.74. The third-order valence-corrected chi connectivity index (χ3v) is 4.75. The third kappa shape index (κ3) is 2.71. The maximum atomic E-state index is 11.4. The molecule has 0 aliphatic heterocycles. The summed E-state index contributed by atoms with van der Waals surface area (Å²) in [6.07, 6.45) is 0. The lowest BCUT2D eigenvalue weighted by Crippen LogP contribution is -2.33. The maximum absolute atomic E-state index is 11.4. The second kappa shape index (κ2) is 5.24. The van der Waals surface area contributed by atoms with Gasteiger partial charge >= 0.3 is 11.1 Å². The van der Waals surface area contributed by atoms with Crippen LogP contribution in [0.5, 0.6) is 0 Å². The standard InChI is InChI=1S/C11H8ClN5O2S2/c1-4-3-5-8(20-4)14-10(12)15-9(5)21-11-13-6(18)7(19)16-17(11)2/h3H,1-2H3,(H,16,19). The van der Waals surface area contributed by atoms with Crippen molar-refractivity contribution in [2.45, 2.75) is 17.1 Å². The van der Waals surface area contributed by atoms with Gasteiger partial charge in [-0.25, -0.2) is 9.97 Å². The SMILES string of the molecule is Cc1cc2c(Sc3nc(=O)c(=O)[nH]n3C)nc(Cl)nc2s1. The molecule has 0 radical (unpaired) electrons. The number of nitrogens with zero attached hydrogens (tertiary/aromatic N) is 4. The maximum Gasteiger partial charge on any atom is 0.339 e. The van der Waals surface area contributed by atoms with E-state index >= 15 is 0 Å². The van der Waals surface area contributed by atoms with Crippen LogP contribution in [0.25, 0.3) is 10.2 Å². The minimum Gasteiger partial charge on any atom is -0.265 e. The van der Waals surface area contributed by atoms with Gasteiger partial charge in [-0.15, -0.1) is 11.3 Å². The van der Waals surface area contributed by atoms with E-state index < -0.39 is 11.1 Å². The first-order chi connectivity index (χ1) is 9.94. The average Bonchev–Trinajstić information content (AvgIpc) is 2.76. The van der Waals surface area contributed by atoms with Crippen LogP contribution in [0.15, 0.2) is 25.8 Å². The number of hydrogen-bond acceptors (Lipinski definition) is 7. The Hall–Kier alpha value is -1.71. The Morgan fingerprint density at radius 2 is 2.10 bits per heavy atom. The topological polar surface area (TPSA) is 93.5 Å². The quantitative estimate of drug-likeness (QED) is 0.432. The lowest BCUT2D eigenvalue weighted by molar-refractivity contribution is 0.596. The zero-order valence-electron chi connectivity index (χ0n) is 10.9. The van der Waals surface area contributed by atoms with Gasteiger partial charge in [-0.1, -0.05) is 0 Å². The molecule has 10 heteroatoms. The number of fused-ring (bicyclic) bond motifs is 1. The summed E-state index contributed by atoms with van der Waals surface area (Å²) < 4.78 is 1.37. The van der Waals surface area contributed by atoms with Gasteiger partial charge in [0.25, 0.3) is 0 Å². The predicted molar refractivity (Wildman–Crippen MR) is 81.4 cm³/mol. The number of thiophene rings is 1. The molecule has 0 saturated carbocycles. The molecule has 1 N–H and O–H groups in total. The molecule has 0 aliphatic carbocycles. The Kier molecular flexibility index (Phi) is 3.56. The minimum absolute atomic E-state index is 0.126. The highest BCUT2D eigenvalue weighted by molar-refractivity contribution is 7.99. The zero-order valence-corrected chi connectivity index (χ0v) is 13.3. The lowest BCUT2D eigenvalue weighted by atomic mass is 10.4. The lowest BCUT2D eigenvalue weighted by Gasteiger charge is -2.06. The average molecular weight is 342 g/mol. The van der Waals surface area contributed by atoms with E-state index in [1.54, 1.807) is 7.05 Å². The van der Waals surface area contributed by atoms with Crippen molar-refractivity contribution in [1.29, 1.82) is 0 Å². The van der Waals surface area contributed by atoms with Gasteiger partial charge in [-0.3, -0.25) is 19.4 Å². The second-order valence-electron chi connectivity index (χ2n) is 4.18. The number of H-pyrrole nitrogens is 1. The monoisotopic (exact) mass is 341 g/mol. The van der Waals surface area contributed by atoms with E-state index in [1.165, 1.54) is 16.0 Å². The summed E-state index contributed by atoms with van der Waals surface area (Å²) in [4.78, 5) is 36.5. The van der Waals surface area contributed by atoms with Gasteiger partial charge in [0.15, 0.2) is 5.16 Å². The van der Waals surface area contributed by atoms with Crippen LogP contribution in [0.2, 0.25) is 5.28 Å². The molecule has 7 nitrogen and oxygen atoms in total. The molecule has 0 aromatic carbocycles. The van der Waals surface area contributed by atoms with Crippen molar-refractivity contribution in [3.05, 3.63) is 36.9 Å². The Bertz CT molecular complexity index is 961. The molecule has 0 spiro atoms. The van der Waals surface area contributed by atoms with Crippen molar-refractivity contribution in [3.8, 4) is 0 Å². The van der Waals surface area contributed by atoms with Crippen LogP contribution in [0.4, 0.5) is 0 Å². The van der Waals surface area contributed by atoms with Gasteiger partial charge in [0, 0.05) is 17.3 Å². The number of nitrogens with one attached hydrogen (secondary N) is 1. The highest BCUT2D eigenvalue weighted by Crippen LogP contribution is 2.34. The summed E-state index contributed by atoms with van der Waals surface area (Å²) in [5, 5.41) is 4.26. The summed E-state index contributed by atoms with van der Waals surface area (Å²) in [5.41, 5.74) is -1.60. The summed E-state index contributed by atoms with van der Waals surface area (Å²) in [6.45, 7) is 1.96. The van der Waals surface area contributed by atoms with Gasteiger partial charge in [-0.2, -0.15) is 4.98 Å². The largest absolute Gasteiger partial charge is 0.339 e. The van der Waals surface area contributed by atoms with Crippen LogP contribution in [0.1, 0.15) is 4.88 Å². The van der Waals surface area contributed by atoms with Gasteiger partial charge in [0.2, 0.25) is 5.28 Å². The molecule has 108 valence electrons. The van der Waals surface area contributed by atoms with Crippen molar-refractivity contribution in [2.75, 3.05) is 0 Å². The Balaban J connectivity index is 2.16. The molecule has 0 fully saturated rings. The zero-order chi connectivity index (χ0) is 15.1. The van der Waals surface area contributed by atoms with E-state index in [1.807, 2.05) is 13.0 Å². The normalized spacial score (nSPS) is 11.2.